The van der Waals surface area contributed by atoms with Crippen LogP contribution in [0.5, 0.6) is 0 Å². The van der Waals surface area contributed by atoms with Gasteiger partial charge in [0.25, 0.3) is 0 Å². The molecule has 0 spiro atoms. The van der Waals surface area contributed by atoms with E-state index < -0.39 is 0 Å². The van der Waals surface area contributed by atoms with Crippen LogP contribution in [0.15, 0.2) is 47.7 Å². The number of rotatable bonds is 8. The van der Waals surface area contributed by atoms with Crippen LogP contribution >= 0.6 is 24.0 Å². The van der Waals surface area contributed by atoms with Crippen molar-refractivity contribution in [3.63, 3.8) is 0 Å². The molecule has 0 radical (unpaired) electrons. The topological polar surface area (TPSA) is 57.5 Å². The number of aliphatic imine (C=N–C) groups is 1. The monoisotopic (exact) mass is 510 g/mol. The van der Waals surface area contributed by atoms with Crippen LogP contribution in [-0.2, 0) is 13.1 Å². The summed E-state index contributed by atoms with van der Waals surface area (Å²) in [7, 11) is 1.82. The van der Waals surface area contributed by atoms with Gasteiger partial charge in [0, 0.05) is 44.5 Å². The SMILES string of the molecule is CCC1CCCCN1CCNC(=NC)NCc1cnn(Cc2ccccc2)c1.I. The summed E-state index contributed by atoms with van der Waals surface area (Å²) in [5.74, 6) is 0.848. The van der Waals surface area contributed by atoms with Crippen molar-refractivity contribution in [1.82, 2.24) is 25.3 Å². The van der Waals surface area contributed by atoms with Crippen molar-refractivity contribution < 1.29 is 0 Å². The van der Waals surface area contributed by atoms with Gasteiger partial charge in [0.1, 0.15) is 0 Å². The maximum absolute atomic E-state index is 4.47. The lowest BCUT2D eigenvalue weighted by atomic mass is 10.0. The highest BCUT2D eigenvalue weighted by atomic mass is 127. The molecule has 1 aromatic heterocycles. The summed E-state index contributed by atoms with van der Waals surface area (Å²) in [5, 5.41) is 11.3. The third-order valence-corrected chi connectivity index (χ3v) is 5.47. The number of nitrogens with zero attached hydrogens (tertiary/aromatic N) is 4. The molecule has 29 heavy (non-hydrogen) atoms. The van der Waals surface area contributed by atoms with Gasteiger partial charge in [-0.2, -0.15) is 5.10 Å². The zero-order valence-electron chi connectivity index (χ0n) is 17.7. The highest BCUT2D eigenvalue weighted by Gasteiger charge is 2.19. The predicted molar refractivity (Wildman–Crippen MR) is 131 cm³/mol. The molecule has 0 amide bonds. The Bertz CT molecular complexity index is 730. The van der Waals surface area contributed by atoms with Crippen molar-refractivity contribution >= 4 is 29.9 Å². The van der Waals surface area contributed by atoms with Crippen LogP contribution in [0.25, 0.3) is 0 Å². The number of hydrogen-bond donors (Lipinski definition) is 2. The van der Waals surface area contributed by atoms with Crippen LogP contribution in [-0.4, -0.2) is 53.4 Å². The first-order valence-electron chi connectivity index (χ1n) is 10.5. The number of guanidine groups is 1. The van der Waals surface area contributed by atoms with Crippen molar-refractivity contribution in [1.29, 1.82) is 0 Å². The Morgan fingerprint density at radius 2 is 2.00 bits per heavy atom. The number of halogens is 1. The third-order valence-electron chi connectivity index (χ3n) is 5.47. The molecular formula is C22H35IN6. The van der Waals surface area contributed by atoms with Crippen LogP contribution < -0.4 is 10.6 Å². The van der Waals surface area contributed by atoms with E-state index >= 15 is 0 Å². The van der Waals surface area contributed by atoms with E-state index in [1.165, 1.54) is 37.8 Å². The molecule has 1 fully saturated rings. The smallest absolute Gasteiger partial charge is 0.191 e. The van der Waals surface area contributed by atoms with E-state index in [2.05, 4.69) is 63.0 Å². The Balaban J connectivity index is 0.00000300. The van der Waals surface area contributed by atoms with Gasteiger partial charge in [-0.1, -0.05) is 43.7 Å². The highest BCUT2D eigenvalue weighted by Crippen LogP contribution is 2.18. The fourth-order valence-electron chi connectivity index (χ4n) is 3.90. The maximum atomic E-state index is 4.47. The molecule has 0 aliphatic carbocycles. The zero-order chi connectivity index (χ0) is 19.6. The molecule has 2 aromatic rings. The Labute approximate surface area is 192 Å². The van der Waals surface area contributed by atoms with E-state index in [9.17, 15) is 0 Å². The van der Waals surface area contributed by atoms with E-state index in [0.29, 0.717) is 0 Å². The summed E-state index contributed by atoms with van der Waals surface area (Å²) >= 11 is 0. The van der Waals surface area contributed by atoms with E-state index in [4.69, 9.17) is 0 Å². The van der Waals surface area contributed by atoms with Gasteiger partial charge in [-0.3, -0.25) is 14.6 Å². The van der Waals surface area contributed by atoms with Gasteiger partial charge in [-0.25, -0.2) is 0 Å². The molecule has 1 aromatic carbocycles. The molecule has 6 nitrogen and oxygen atoms in total. The summed E-state index contributed by atoms with van der Waals surface area (Å²) in [6.07, 6.45) is 9.31. The molecule has 1 aliphatic heterocycles. The second-order valence-corrected chi connectivity index (χ2v) is 7.48. The molecule has 1 atom stereocenters. The van der Waals surface area contributed by atoms with Crippen molar-refractivity contribution in [2.45, 2.75) is 51.7 Å². The number of nitrogens with one attached hydrogen (secondary N) is 2. The van der Waals surface area contributed by atoms with Crippen molar-refractivity contribution in [2.75, 3.05) is 26.7 Å². The van der Waals surface area contributed by atoms with Gasteiger partial charge in [0.15, 0.2) is 5.96 Å². The van der Waals surface area contributed by atoms with Crippen LogP contribution in [0.2, 0.25) is 0 Å². The van der Waals surface area contributed by atoms with Crippen molar-refractivity contribution in [2.24, 2.45) is 4.99 Å². The molecule has 2 heterocycles. The second-order valence-electron chi connectivity index (χ2n) is 7.48. The number of likely N-dealkylation sites (tertiary alicyclic amines) is 1. The van der Waals surface area contributed by atoms with Crippen LogP contribution in [0.1, 0.15) is 43.7 Å². The standard InChI is InChI=1S/C22H34N6.HI/c1-3-21-11-7-8-13-27(21)14-12-24-22(23-2)25-15-20-16-26-28(18-20)17-19-9-5-4-6-10-19;/h4-6,9-10,16,18,21H,3,7-8,11-15,17H2,1-2H3,(H2,23,24,25);1H. The summed E-state index contributed by atoms with van der Waals surface area (Å²) in [6.45, 7) is 7.04. The molecule has 3 rings (SSSR count). The maximum Gasteiger partial charge on any atom is 0.191 e. The molecule has 7 heteroatoms. The summed E-state index contributed by atoms with van der Waals surface area (Å²) in [6, 6.07) is 11.1. The molecule has 0 bridgehead atoms. The quantitative estimate of drug-likeness (QED) is 0.325. The summed E-state index contributed by atoms with van der Waals surface area (Å²) in [5.41, 5.74) is 2.41. The number of aromatic nitrogens is 2. The second kappa shape index (κ2) is 12.8. The summed E-state index contributed by atoms with van der Waals surface area (Å²) in [4.78, 5) is 6.97. The summed E-state index contributed by atoms with van der Waals surface area (Å²) < 4.78 is 1.98. The average Bonchev–Trinajstić information content (AvgIpc) is 3.18. The highest BCUT2D eigenvalue weighted by molar-refractivity contribution is 14.0. The van der Waals surface area contributed by atoms with E-state index in [-0.39, 0.29) is 24.0 Å². The Hall–Kier alpha value is -1.61. The van der Waals surface area contributed by atoms with E-state index in [0.717, 1.165) is 43.7 Å². The van der Waals surface area contributed by atoms with Gasteiger partial charge in [0.05, 0.1) is 12.7 Å². The molecule has 1 unspecified atom stereocenters. The largest absolute Gasteiger partial charge is 0.355 e. The Morgan fingerprint density at radius 3 is 2.76 bits per heavy atom. The minimum atomic E-state index is 0. The molecule has 0 saturated carbocycles. The molecule has 1 saturated heterocycles. The predicted octanol–water partition coefficient (Wildman–Crippen LogP) is 3.48. The van der Waals surface area contributed by atoms with E-state index in [1.54, 1.807) is 0 Å². The number of piperidine rings is 1. The molecule has 2 N–H and O–H groups in total. The zero-order valence-corrected chi connectivity index (χ0v) is 20.0. The van der Waals surface area contributed by atoms with Crippen molar-refractivity contribution in [3.05, 3.63) is 53.9 Å². The van der Waals surface area contributed by atoms with E-state index in [1.807, 2.05) is 24.0 Å². The first kappa shape index (κ1) is 23.7. The average molecular weight is 510 g/mol. The fourth-order valence-corrected chi connectivity index (χ4v) is 3.90. The van der Waals surface area contributed by atoms with Gasteiger partial charge in [-0.05, 0) is 31.4 Å². The van der Waals surface area contributed by atoms with Crippen molar-refractivity contribution in [3.8, 4) is 0 Å². The normalized spacial score (nSPS) is 17.6. The van der Waals surface area contributed by atoms with Crippen LogP contribution in [0.4, 0.5) is 0 Å². The lowest BCUT2D eigenvalue weighted by molar-refractivity contribution is 0.147. The first-order chi connectivity index (χ1) is 13.8. The van der Waals surface area contributed by atoms with Gasteiger partial charge < -0.3 is 10.6 Å². The fraction of sp³-hybridized carbons (Fsp3) is 0.545. The minimum Gasteiger partial charge on any atom is -0.355 e. The third kappa shape index (κ3) is 7.62. The van der Waals surface area contributed by atoms with Crippen LogP contribution in [0, 0.1) is 0 Å². The number of benzene rings is 1. The van der Waals surface area contributed by atoms with Gasteiger partial charge >= 0.3 is 0 Å². The first-order valence-corrected chi connectivity index (χ1v) is 10.5. The van der Waals surface area contributed by atoms with Gasteiger partial charge in [0.2, 0.25) is 0 Å². The molecule has 1 aliphatic rings. The Kier molecular flexibility index (Phi) is 10.5. The number of hydrogen-bond acceptors (Lipinski definition) is 3. The molecular weight excluding hydrogens is 475 g/mol. The van der Waals surface area contributed by atoms with Crippen LogP contribution in [0.3, 0.4) is 0 Å². The minimum absolute atomic E-state index is 0. The lowest BCUT2D eigenvalue weighted by Crippen LogP contribution is -2.45. The lowest BCUT2D eigenvalue weighted by Gasteiger charge is -2.35. The molecule has 160 valence electrons. The Morgan fingerprint density at radius 1 is 1.17 bits per heavy atom. The van der Waals surface area contributed by atoms with Gasteiger partial charge in [-0.15, -0.1) is 24.0 Å².